The minimum atomic E-state index is -1.21. The third kappa shape index (κ3) is 2.62. The van der Waals surface area contributed by atoms with E-state index in [0.29, 0.717) is 11.6 Å². The molecule has 0 bridgehead atoms. The molecule has 1 aromatic rings. The van der Waals surface area contributed by atoms with Crippen molar-refractivity contribution in [1.82, 2.24) is 14.9 Å². The van der Waals surface area contributed by atoms with E-state index in [2.05, 4.69) is 22.9 Å². The van der Waals surface area contributed by atoms with E-state index in [9.17, 15) is 20.1 Å². The molecule has 0 saturated heterocycles. The molecule has 4 N–H and O–H groups in total. The molecule has 0 fully saturated rings. The second kappa shape index (κ2) is 5.91. The third-order valence-electron chi connectivity index (χ3n) is 3.26. The van der Waals surface area contributed by atoms with Crippen molar-refractivity contribution < 1.29 is 20.1 Å². The Kier molecular flexibility index (Phi) is 4.46. The lowest BCUT2D eigenvalue weighted by molar-refractivity contribution is -0.125. The van der Waals surface area contributed by atoms with Crippen LogP contribution in [0.1, 0.15) is 24.3 Å². The Morgan fingerprint density at radius 2 is 2.21 bits per heavy atom. The molecule has 2 rings (SSSR count). The SMILES string of the molecule is O=C(CCS)N[C@H]1c2nccn2[C@H](CO)[C@@H](O)[C@@H]1O. The largest absolute Gasteiger partial charge is 0.394 e. The van der Waals surface area contributed by atoms with Crippen LogP contribution in [0.2, 0.25) is 0 Å². The molecule has 2 heterocycles. The zero-order valence-electron chi connectivity index (χ0n) is 10.2. The number of rotatable bonds is 4. The number of imidazole rings is 1. The molecule has 1 aliphatic rings. The fraction of sp³-hybridized carbons (Fsp3) is 0.636. The van der Waals surface area contributed by atoms with Gasteiger partial charge in [-0.05, 0) is 5.75 Å². The fourth-order valence-electron chi connectivity index (χ4n) is 2.28. The summed E-state index contributed by atoms with van der Waals surface area (Å²) < 4.78 is 1.57. The van der Waals surface area contributed by atoms with Crippen molar-refractivity contribution in [2.45, 2.75) is 30.7 Å². The molecule has 0 radical (unpaired) electrons. The number of carbonyl (C=O) groups is 1. The highest BCUT2D eigenvalue weighted by molar-refractivity contribution is 7.80. The van der Waals surface area contributed by atoms with E-state index < -0.39 is 24.3 Å². The number of nitrogens with zero attached hydrogens (tertiary/aromatic N) is 2. The summed E-state index contributed by atoms with van der Waals surface area (Å²) in [4.78, 5) is 15.7. The molecule has 0 spiro atoms. The first kappa shape index (κ1) is 14.3. The number of nitrogens with one attached hydrogen (secondary N) is 1. The number of thiol groups is 1. The van der Waals surface area contributed by atoms with Crippen LogP contribution in [0.5, 0.6) is 0 Å². The standard InChI is InChI=1S/C11H17N3O4S/c15-5-6-9(17)10(18)8(13-7(16)1-4-19)11-12-2-3-14(6)11/h2-3,6,8-10,15,17-19H,1,4-5H2,(H,13,16)/t6-,8-,9-,10-/m1/s1. The van der Waals surface area contributed by atoms with Gasteiger partial charge in [0.2, 0.25) is 5.91 Å². The zero-order valence-corrected chi connectivity index (χ0v) is 11.1. The van der Waals surface area contributed by atoms with Crippen LogP contribution in [0.25, 0.3) is 0 Å². The molecule has 8 heteroatoms. The van der Waals surface area contributed by atoms with Crippen LogP contribution in [0.3, 0.4) is 0 Å². The second-order valence-electron chi connectivity index (χ2n) is 4.44. The van der Waals surface area contributed by atoms with Crippen molar-refractivity contribution >= 4 is 18.5 Å². The maximum atomic E-state index is 11.6. The number of fused-ring (bicyclic) bond motifs is 1. The van der Waals surface area contributed by atoms with E-state index >= 15 is 0 Å². The highest BCUT2D eigenvalue weighted by Gasteiger charge is 2.42. The third-order valence-corrected chi connectivity index (χ3v) is 3.49. The average Bonchev–Trinajstić information content (AvgIpc) is 2.84. The first-order chi connectivity index (χ1) is 9.10. The second-order valence-corrected chi connectivity index (χ2v) is 4.89. The van der Waals surface area contributed by atoms with E-state index in [-0.39, 0.29) is 18.9 Å². The lowest BCUT2D eigenvalue weighted by Gasteiger charge is -2.38. The van der Waals surface area contributed by atoms with E-state index in [1.165, 1.54) is 6.20 Å². The Bertz CT molecular complexity index is 453. The van der Waals surface area contributed by atoms with E-state index in [1.54, 1.807) is 10.8 Å². The van der Waals surface area contributed by atoms with Crippen LogP contribution in [0, 0.1) is 0 Å². The summed E-state index contributed by atoms with van der Waals surface area (Å²) in [5, 5.41) is 32.0. The van der Waals surface area contributed by atoms with Crippen molar-refractivity contribution in [2.24, 2.45) is 0 Å². The van der Waals surface area contributed by atoms with E-state index in [1.807, 2.05) is 0 Å². The Morgan fingerprint density at radius 3 is 2.84 bits per heavy atom. The zero-order chi connectivity index (χ0) is 14.0. The van der Waals surface area contributed by atoms with Gasteiger partial charge in [0.1, 0.15) is 24.1 Å². The highest BCUT2D eigenvalue weighted by atomic mass is 32.1. The Labute approximate surface area is 115 Å². The molecule has 106 valence electrons. The van der Waals surface area contributed by atoms with Gasteiger partial charge in [0, 0.05) is 18.8 Å². The Morgan fingerprint density at radius 1 is 1.47 bits per heavy atom. The molecule has 7 nitrogen and oxygen atoms in total. The highest BCUT2D eigenvalue weighted by Crippen LogP contribution is 2.31. The molecular formula is C11H17N3O4S. The van der Waals surface area contributed by atoms with Gasteiger partial charge in [0.15, 0.2) is 0 Å². The summed E-state index contributed by atoms with van der Waals surface area (Å²) in [5.74, 6) is 0.540. The molecular weight excluding hydrogens is 270 g/mol. The van der Waals surface area contributed by atoms with Gasteiger partial charge in [-0.3, -0.25) is 4.79 Å². The van der Waals surface area contributed by atoms with Crippen molar-refractivity contribution in [2.75, 3.05) is 12.4 Å². The van der Waals surface area contributed by atoms with Gasteiger partial charge in [-0.2, -0.15) is 12.6 Å². The minimum Gasteiger partial charge on any atom is -0.394 e. The van der Waals surface area contributed by atoms with Crippen LogP contribution in [0.15, 0.2) is 12.4 Å². The van der Waals surface area contributed by atoms with E-state index in [4.69, 9.17) is 0 Å². The normalized spacial score (nSPS) is 29.9. The van der Waals surface area contributed by atoms with Crippen molar-refractivity contribution in [3.8, 4) is 0 Å². The number of aromatic nitrogens is 2. The maximum Gasteiger partial charge on any atom is 0.221 e. The number of aliphatic hydroxyl groups is 3. The molecule has 1 amide bonds. The molecule has 0 unspecified atom stereocenters. The first-order valence-corrected chi connectivity index (χ1v) is 6.63. The van der Waals surface area contributed by atoms with E-state index in [0.717, 1.165) is 0 Å². The molecule has 1 aliphatic heterocycles. The summed E-state index contributed by atoms with van der Waals surface area (Å²) in [7, 11) is 0. The van der Waals surface area contributed by atoms with Gasteiger partial charge in [-0.1, -0.05) is 0 Å². The van der Waals surface area contributed by atoms with Crippen molar-refractivity contribution in [1.29, 1.82) is 0 Å². The number of amides is 1. The van der Waals surface area contributed by atoms with Gasteiger partial charge >= 0.3 is 0 Å². The number of hydrogen-bond acceptors (Lipinski definition) is 6. The minimum absolute atomic E-state index is 0.215. The summed E-state index contributed by atoms with van der Waals surface area (Å²) in [6.45, 7) is -0.321. The first-order valence-electron chi connectivity index (χ1n) is 6.00. The quantitative estimate of drug-likeness (QED) is 0.439. The monoisotopic (exact) mass is 287 g/mol. The number of aliphatic hydroxyl groups excluding tert-OH is 3. The molecule has 0 aromatic carbocycles. The summed E-state index contributed by atoms with van der Waals surface area (Å²) in [5.41, 5.74) is 0. The Hall–Kier alpha value is -1.09. The van der Waals surface area contributed by atoms with Gasteiger partial charge in [-0.15, -0.1) is 0 Å². The molecule has 0 saturated carbocycles. The van der Waals surface area contributed by atoms with Crippen LogP contribution >= 0.6 is 12.6 Å². The maximum absolute atomic E-state index is 11.6. The predicted octanol–water partition coefficient (Wildman–Crippen LogP) is -1.37. The summed E-state index contributed by atoms with van der Waals surface area (Å²) in [6, 6.07) is -1.45. The van der Waals surface area contributed by atoms with Gasteiger partial charge in [0.05, 0.1) is 12.6 Å². The number of carbonyl (C=O) groups excluding carboxylic acids is 1. The summed E-state index contributed by atoms with van der Waals surface area (Å²) >= 11 is 3.96. The summed E-state index contributed by atoms with van der Waals surface area (Å²) in [6.07, 6.45) is 0.930. The fourth-order valence-corrected chi connectivity index (χ4v) is 2.48. The molecule has 4 atom stereocenters. The van der Waals surface area contributed by atoms with Gasteiger partial charge < -0.3 is 25.2 Å². The predicted molar refractivity (Wildman–Crippen MR) is 69.7 cm³/mol. The van der Waals surface area contributed by atoms with Crippen LogP contribution in [-0.4, -0.2) is 55.3 Å². The van der Waals surface area contributed by atoms with Crippen LogP contribution in [0.4, 0.5) is 0 Å². The Balaban J connectivity index is 2.26. The molecule has 0 aliphatic carbocycles. The van der Waals surface area contributed by atoms with Crippen molar-refractivity contribution in [3.63, 3.8) is 0 Å². The topological polar surface area (TPSA) is 108 Å². The lowest BCUT2D eigenvalue weighted by Crippen LogP contribution is -2.51. The average molecular weight is 287 g/mol. The van der Waals surface area contributed by atoms with Gasteiger partial charge in [-0.25, -0.2) is 4.98 Å². The van der Waals surface area contributed by atoms with Crippen LogP contribution in [-0.2, 0) is 4.79 Å². The smallest absolute Gasteiger partial charge is 0.221 e. The molecule has 1 aromatic heterocycles. The molecule has 19 heavy (non-hydrogen) atoms. The van der Waals surface area contributed by atoms with Gasteiger partial charge in [0.25, 0.3) is 0 Å². The lowest BCUT2D eigenvalue weighted by atomic mass is 9.94. The number of hydrogen-bond donors (Lipinski definition) is 5. The van der Waals surface area contributed by atoms with Crippen molar-refractivity contribution in [3.05, 3.63) is 18.2 Å². The van der Waals surface area contributed by atoms with Crippen LogP contribution < -0.4 is 5.32 Å².